The van der Waals surface area contributed by atoms with Gasteiger partial charge in [0.2, 0.25) is 5.91 Å². The summed E-state index contributed by atoms with van der Waals surface area (Å²) in [6.45, 7) is 3.93. The van der Waals surface area contributed by atoms with Crippen molar-refractivity contribution in [3.8, 4) is 0 Å². The minimum atomic E-state index is 0.0263. The lowest BCUT2D eigenvalue weighted by Gasteiger charge is -2.31. The number of rotatable bonds is 2. The molecule has 0 radical (unpaired) electrons. The Hall–Kier alpha value is -1.72. The molecule has 1 aliphatic heterocycles. The third kappa shape index (κ3) is 2.76. The standard InChI is InChI=1S/C19H20N2OS2/c1-12-9-14(11-15-5-3-7-23-15)18-16(10-12)19(17-6-4-8-24-17)21(20-18)13(2)22/h3-8,11-12,16,19H,9-10H2,1-2H3/b14-11+/t12-,16-,19+/m0/s1. The van der Waals surface area contributed by atoms with Crippen molar-refractivity contribution in [2.45, 2.75) is 32.7 Å². The number of carbonyl (C=O) groups excluding carboxylic acids is 1. The van der Waals surface area contributed by atoms with Gasteiger partial charge in [0.25, 0.3) is 0 Å². The monoisotopic (exact) mass is 356 g/mol. The zero-order valence-corrected chi connectivity index (χ0v) is 15.4. The molecule has 2 aliphatic rings. The summed E-state index contributed by atoms with van der Waals surface area (Å²) in [7, 11) is 0. The second-order valence-electron chi connectivity index (χ2n) is 6.65. The molecular weight excluding hydrogens is 336 g/mol. The van der Waals surface area contributed by atoms with Crippen molar-refractivity contribution >= 4 is 40.4 Å². The third-order valence-electron chi connectivity index (χ3n) is 4.78. The van der Waals surface area contributed by atoms with Crippen LogP contribution in [0.4, 0.5) is 0 Å². The Morgan fingerprint density at radius 3 is 2.75 bits per heavy atom. The first-order valence-electron chi connectivity index (χ1n) is 8.29. The van der Waals surface area contributed by atoms with E-state index in [-0.39, 0.29) is 11.9 Å². The zero-order chi connectivity index (χ0) is 16.7. The number of hydrazone groups is 1. The first kappa shape index (κ1) is 15.8. The fourth-order valence-corrected chi connectivity index (χ4v) is 5.39. The van der Waals surface area contributed by atoms with E-state index in [1.807, 2.05) is 0 Å². The van der Waals surface area contributed by atoms with Gasteiger partial charge >= 0.3 is 0 Å². The van der Waals surface area contributed by atoms with Crippen LogP contribution >= 0.6 is 22.7 Å². The first-order chi connectivity index (χ1) is 11.6. The Balaban J connectivity index is 1.77. The van der Waals surface area contributed by atoms with Gasteiger partial charge in [-0.25, -0.2) is 5.01 Å². The molecule has 1 fully saturated rings. The summed E-state index contributed by atoms with van der Waals surface area (Å²) in [6, 6.07) is 8.47. The molecule has 3 atom stereocenters. The van der Waals surface area contributed by atoms with Gasteiger partial charge in [-0.3, -0.25) is 4.79 Å². The van der Waals surface area contributed by atoms with Crippen LogP contribution in [0.2, 0.25) is 0 Å². The average Bonchev–Trinajstić information content (AvgIpc) is 3.26. The van der Waals surface area contributed by atoms with E-state index in [0.717, 1.165) is 18.6 Å². The predicted octanol–water partition coefficient (Wildman–Crippen LogP) is 5.20. The molecule has 1 amide bonds. The zero-order valence-electron chi connectivity index (χ0n) is 13.8. The highest BCUT2D eigenvalue weighted by Crippen LogP contribution is 2.47. The lowest BCUT2D eigenvalue weighted by molar-refractivity contribution is -0.131. The highest BCUT2D eigenvalue weighted by Gasteiger charge is 2.44. The van der Waals surface area contributed by atoms with Crippen LogP contribution in [0.5, 0.6) is 0 Å². The van der Waals surface area contributed by atoms with Crippen LogP contribution in [-0.2, 0) is 4.79 Å². The highest BCUT2D eigenvalue weighted by atomic mass is 32.1. The van der Waals surface area contributed by atoms with Crippen LogP contribution < -0.4 is 0 Å². The quantitative estimate of drug-likeness (QED) is 0.728. The van der Waals surface area contributed by atoms with Crippen LogP contribution in [0.25, 0.3) is 6.08 Å². The summed E-state index contributed by atoms with van der Waals surface area (Å²) in [5.74, 6) is 0.940. The number of hydrogen-bond acceptors (Lipinski definition) is 4. The number of hydrogen-bond donors (Lipinski definition) is 0. The molecule has 4 rings (SSSR count). The van der Waals surface area contributed by atoms with Gasteiger partial charge in [-0.1, -0.05) is 19.1 Å². The molecule has 5 heteroatoms. The van der Waals surface area contributed by atoms with E-state index in [9.17, 15) is 4.79 Å². The average molecular weight is 357 g/mol. The van der Waals surface area contributed by atoms with Crippen molar-refractivity contribution in [1.82, 2.24) is 5.01 Å². The van der Waals surface area contributed by atoms with E-state index in [4.69, 9.17) is 5.10 Å². The molecule has 2 aromatic heterocycles. The molecule has 0 unspecified atom stereocenters. The molecule has 0 spiro atoms. The molecule has 2 aromatic rings. The Bertz CT molecular complexity index is 789. The van der Waals surface area contributed by atoms with E-state index < -0.39 is 0 Å². The summed E-state index contributed by atoms with van der Waals surface area (Å²) in [5.41, 5.74) is 2.42. The van der Waals surface area contributed by atoms with E-state index in [1.54, 1.807) is 34.6 Å². The van der Waals surface area contributed by atoms with Crippen molar-refractivity contribution in [2.75, 3.05) is 0 Å². The lowest BCUT2D eigenvalue weighted by Crippen LogP contribution is -2.31. The Labute approximate surface area is 150 Å². The van der Waals surface area contributed by atoms with Crippen molar-refractivity contribution in [1.29, 1.82) is 0 Å². The summed E-state index contributed by atoms with van der Waals surface area (Å²) in [4.78, 5) is 14.7. The minimum Gasteiger partial charge on any atom is -0.273 e. The van der Waals surface area contributed by atoms with E-state index in [2.05, 4.69) is 48.0 Å². The SMILES string of the molecule is CC(=O)N1N=C2/C(=C/c3cccs3)C[C@H](C)C[C@@H]2[C@@H]1c1cccs1. The molecular formula is C19H20N2OS2. The van der Waals surface area contributed by atoms with E-state index in [1.165, 1.54) is 15.3 Å². The maximum Gasteiger partial charge on any atom is 0.240 e. The van der Waals surface area contributed by atoms with Gasteiger partial charge in [0.15, 0.2) is 0 Å². The van der Waals surface area contributed by atoms with E-state index in [0.29, 0.717) is 11.8 Å². The molecule has 1 saturated carbocycles. The molecule has 24 heavy (non-hydrogen) atoms. The number of thiophene rings is 2. The lowest BCUT2D eigenvalue weighted by atomic mass is 9.74. The van der Waals surface area contributed by atoms with Gasteiger partial charge in [-0.05, 0) is 53.3 Å². The molecule has 124 valence electrons. The number of fused-ring (bicyclic) bond motifs is 1. The Kier molecular flexibility index (Phi) is 4.14. The second kappa shape index (κ2) is 6.30. The first-order valence-corrected chi connectivity index (χ1v) is 10.1. The molecule has 0 saturated heterocycles. The van der Waals surface area contributed by atoms with Gasteiger partial charge in [0.1, 0.15) is 0 Å². The fourth-order valence-electron chi connectivity index (χ4n) is 3.83. The third-order valence-corrected chi connectivity index (χ3v) is 6.54. The van der Waals surface area contributed by atoms with Gasteiger partial charge in [-0.2, -0.15) is 5.10 Å². The number of nitrogens with zero attached hydrogens (tertiary/aromatic N) is 2. The number of amides is 1. The van der Waals surface area contributed by atoms with Gasteiger partial charge in [0.05, 0.1) is 11.8 Å². The maximum absolute atomic E-state index is 12.2. The van der Waals surface area contributed by atoms with Crippen LogP contribution in [-0.4, -0.2) is 16.6 Å². The predicted molar refractivity (Wildman–Crippen MR) is 101 cm³/mol. The number of carbonyl (C=O) groups is 1. The summed E-state index contributed by atoms with van der Waals surface area (Å²) in [5, 5.41) is 10.7. The summed E-state index contributed by atoms with van der Waals surface area (Å²) >= 11 is 3.47. The van der Waals surface area contributed by atoms with Gasteiger partial charge in [0, 0.05) is 22.6 Å². The van der Waals surface area contributed by atoms with Crippen LogP contribution in [0.1, 0.15) is 42.5 Å². The molecule has 1 aliphatic carbocycles. The van der Waals surface area contributed by atoms with Crippen molar-refractivity contribution < 1.29 is 4.79 Å². The minimum absolute atomic E-state index is 0.0263. The largest absolute Gasteiger partial charge is 0.273 e. The van der Waals surface area contributed by atoms with Crippen molar-refractivity contribution in [2.24, 2.45) is 16.9 Å². The topological polar surface area (TPSA) is 32.7 Å². The van der Waals surface area contributed by atoms with Crippen molar-refractivity contribution in [3.05, 3.63) is 50.4 Å². The molecule has 0 aromatic carbocycles. The Morgan fingerprint density at radius 1 is 1.29 bits per heavy atom. The molecule has 0 N–H and O–H groups in total. The normalized spacial score (nSPS) is 28.1. The van der Waals surface area contributed by atoms with Gasteiger partial charge < -0.3 is 0 Å². The van der Waals surface area contributed by atoms with Crippen LogP contribution in [0, 0.1) is 11.8 Å². The van der Waals surface area contributed by atoms with E-state index >= 15 is 0 Å². The molecule has 3 heterocycles. The highest BCUT2D eigenvalue weighted by molar-refractivity contribution is 7.11. The number of allylic oxidation sites excluding steroid dienone is 1. The fraction of sp³-hybridized carbons (Fsp3) is 0.368. The second-order valence-corrected chi connectivity index (χ2v) is 8.60. The summed E-state index contributed by atoms with van der Waals surface area (Å²) < 4.78 is 0. The smallest absolute Gasteiger partial charge is 0.240 e. The molecule has 0 bridgehead atoms. The Morgan fingerprint density at radius 2 is 2.08 bits per heavy atom. The van der Waals surface area contributed by atoms with Crippen LogP contribution in [0.3, 0.4) is 0 Å². The van der Waals surface area contributed by atoms with Crippen molar-refractivity contribution in [3.63, 3.8) is 0 Å². The van der Waals surface area contributed by atoms with Crippen LogP contribution in [0.15, 0.2) is 45.7 Å². The molecule has 3 nitrogen and oxygen atoms in total. The maximum atomic E-state index is 12.2. The summed E-state index contributed by atoms with van der Waals surface area (Å²) in [6.07, 6.45) is 4.39. The van der Waals surface area contributed by atoms with Gasteiger partial charge in [-0.15, -0.1) is 22.7 Å².